The number of carbonyl (C=O) groups excluding carboxylic acids is 1. The Balaban J connectivity index is 1.70. The summed E-state index contributed by atoms with van der Waals surface area (Å²) in [6.45, 7) is 3.62. The molecule has 1 saturated heterocycles. The average molecular weight is 467 g/mol. The number of carbonyl (C=O) groups is 1. The first kappa shape index (κ1) is 23.2. The standard InChI is InChI=1S/C25H30N4O3S/c1-18(24(30)28-15-9-4-5-10-16-28)33-25-27-26-23(19-11-7-6-8-12-19)29(25)20-13-14-21(31-2)22(17-20)32-3/h6-8,11-14,17-18H,4-5,9-10,15-16H2,1-3H3/t18-/m1/s1. The van der Waals surface area contributed by atoms with Crippen LogP contribution in [0.25, 0.3) is 17.1 Å². The number of likely N-dealkylation sites (tertiary alicyclic amines) is 1. The normalized spacial score (nSPS) is 15.1. The van der Waals surface area contributed by atoms with Gasteiger partial charge in [-0.25, -0.2) is 0 Å². The Morgan fingerprint density at radius 3 is 2.30 bits per heavy atom. The highest BCUT2D eigenvalue weighted by Gasteiger charge is 2.26. The minimum absolute atomic E-state index is 0.157. The van der Waals surface area contributed by atoms with E-state index in [1.54, 1.807) is 14.2 Å². The molecule has 1 amide bonds. The van der Waals surface area contributed by atoms with Crippen molar-refractivity contribution in [1.29, 1.82) is 0 Å². The van der Waals surface area contributed by atoms with Gasteiger partial charge in [0.1, 0.15) is 0 Å². The maximum atomic E-state index is 13.2. The Kier molecular flexibility index (Phi) is 7.54. The van der Waals surface area contributed by atoms with Gasteiger partial charge in [-0.3, -0.25) is 9.36 Å². The van der Waals surface area contributed by atoms with E-state index < -0.39 is 0 Å². The van der Waals surface area contributed by atoms with E-state index in [4.69, 9.17) is 9.47 Å². The molecule has 1 atom stereocenters. The molecular weight excluding hydrogens is 436 g/mol. The van der Waals surface area contributed by atoms with E-state index in [-0.39, 0.29) is 11.2 Å². The largest absolute Gasteiger partial charge is 0.493 e. The van der Waals surface area contributed by atoms with Crippen molar-refractivity contribution in [2.24, 2.45) is 0 Å². The van der Waals surface area contributed by atoms with Crippen LogP contribution in [0.3, 0.4) is 0 Å². The highest BCUT2D eigenvalue weighted by atomic mass is 32.2. The van der Waals surface area contributed by atoms with Crippen LogP contribution in [-0.4, -0.2) is 58.1 Å². The molecule has 2 heterocycles. The van der Waals surface area contributed by atoms with Gasteiger partial charge in [0.2, 0.25) is 5.91 Å². The predicted molar refractivity (Wildman–Crippen MR) is 130 cm³/mol. The predicted octanol–water partition coefficient (Wildman–Crippen LogP) is 4.83. The number of methoxy groups -OCH3 is 2. The van der Waals surface area contributed by atoms with Crippen LogP contribution in [0.1, 0.15) is 32.6 Å². The van der Waals surface area contributed by atoms with Gasteiger partial charge < -0.3 is 14.4 Å². The molecule has 3 aromatic rings. The molecule has 0 aliphatic carbocycles. The summed E-state index contributed by atoms with van der Waals surface area (Å²) in [4.78, 5) is 15.2. The van der Waals surface area contributed by atoms with Gasteiger partial charge in [0, 0.05) is 24.7 Å². The first-order valence-corrected chi connectivity index (χ1v) is 12.2. The zero-order valence-electron chi connectivity index (χ0n) is 19.4. The molecule has 0 spiro atoms. The number of rotatable bonds is 7. The third kappa shape index (κ3) is 5.16. The molecule has 33 heavy (non-hydrogen) atoms. The third-order valence-corrected chi connectivity index (χ3v) is 6.87. The molecule has 174 valence electrons. The van der Waals surface area contributed by atoms with Gasteiger partial charge in [0.15, 0.2) is 22.5 Å². The fourth-order valence-corrected chi connectivity index (χ4v) is 5.03. The molecule has 0 unspecified atom stereocenters. The van der Waals surface area contributed by atoms with E-state index in [0.717, 1.165) is 37.2 Å². The maximum Gasteiger partial charge on any atom is 0.235 e. The van der Waals surface area contributed by atoms with Gasteiger partial charge in [-0.2, -0.15) is 0 Å². The lowest BCUT2D eigenvalue weighted by atomic mass is 10.2. The third-order valence-electron chi connectivity index (χ3n) is 5.84. The van der Waals surface area contributed by atoms with E-state index in [1.807, 2.05) is 64.9 Å². The fraction of sp³-hybridized carbons (Fsp3) is 0.400. The van der Waals surface area contributed by atoms with E-state index in [0.29, 0.717) is 22.5 Å². The van der Waals surface area contributed by atoms with E-state index >= 15 is 0 Å². The number of amides is 1. The molecule has 1 aromatic heterocycles. The first-order chi connectivity index (χ1) is 16.1. The number of thioether (sulfide) groups is 1. The van der Waals surface area contributed by atoms with Gasteiger partial charge in [0.05, 0.1) is 25.2 Å². The summed E-state index contributed by atoms with van der Waals surface area (Å²) in [5.41, 5.74) is 1.78. The van der Waals surface area contributed by atoms with Crippen LogP contribution in [0.2, 0.25) is 0 Å². The lowest BCUT2D eigenvalue weighted by molar-refractivity contribution is -0.130. The van der Waals surface area contributed by atoms with Gasteiger partial charge in [0.25, 0.3) is 0 Å². The van der Waals surface area contributed by atoms with Crippen LogP contribution in [0.15, 0.2) is 53.7 Å². The Morgan fingerprint density at radius 2 is 1.64 bits per heavy atom. The zero-order valence-corrected chi connectivity index (χ0v) is 20.2. The van der Waals surface area contributed by atoms with Crippen molar-refractivity contribution in [3.05, 3.63) is 48.5 Å². The molecule has 1 fully saturated rings. The lowest BCUT2D eigenvalue weighted by Crippen LogP contribution is -2.37. The van der Waals surface area contributed by atoms with Crippen LogP contribution >= 0.6 is 11.8 Å². The van der Waals surface area contributed by atoms with E-state index in [1.165, 1.54) is 24.6 Å². The first-order valence-electron chi connectivity index (χ1n) is 11.3. The highest BCUT2D eigenvalue weighted by molar-refractivity contribution is 8.00. The Morgan fingerprint density at radius 1 is 0.939 bits per heavy atom. The van der Waals surface area contributed by atoms with Crippen LogP contribution in [0.5, 0.6) is 11.5 Å². The topological polar surface area (TPSA) is 69.5 Å². The maximum absolute atomic E-state index is 13.2. The zero-order chi connectivity index (χ0) is 23.2. The molecule has 0 radical (unpaired) electrons. The van der Waals surface area contributed by atoms with Crippen molar-refractivity contribution in [3.63, 3.8) is 0 Å². The number of hydrogen-bond acceptors (Lipinski definition) is 6. The van der Waals surface area contributed by atoms with Gasteiger partial charge in [-0.1, -0.05) is 54.9 Å². The number of aromatic nitrogens is 3. The molecule has 7 nitrogen and oxygen atoms in total. The molecule has 4 rings (SSSR count). The fourth-order valence-electron chi connectivity index (χ4n) is 4.07. The summed E-state index contributed by atoms with van der Waals surface area (Å²) in [6.07, 6.45) is 4.53. The van der Waals surface area contributed by atoms with Gasteiger partial charge in [-0.15, -0.1) is 10.2 Å². The summed E-state index contributed by atoms with van der Waals surface area (Å²) in [7, 11) is 3.23. The molecule has 1 aliphatic heterocycles. The quantitative estimate of drug-likeness (QED) is 0.465. The van der Waals surface area contributed by atoms with Crippen LogP contribution in [0, 0.1) is 0 Å². The number of hydrogen-bond donors (Lipinski definition) is 0. The van der Waals surface area contributed by atoms with Crippen LogP contribution < -0.4 is 9.47 Å². The smallest absolute Gasteiger partial charge is 0.235 e. The van der Waals surface area contributed by atoms with Crippen molar-refractivity contribution in [1.82, 2.24) is 19.7 Å². The minimum atomic E-state index is -0.269. The summed E-state index contributed by atoms with van der Waals surface area (Å²) < 4.78 is 12.9. The molecule has 1 aliphatic rings. The second-order valence-corrected chi connectivity index (χ2v) is 9.35. The Bertz CT molecular complexity index is 1080. The molecule has 8 heteroatoms. The lowest BCUT2D eigenvalue weighted by Gasteiger charge is -2.23. The minimum Gasteiger partial charge on any atom is -0.493 e. The van der Waals surface area contributed by atoms with Crippen molar-refractivity contribution < 1.29 is 14.3 Å². The number of nitrogens with zero attached hydrogens (tertiary/aromatic N) is 4. The average Bonchev–Trinajstić information content (AvgIpc) is 3.08. The summed E-state index contributed by atoms with van der Waals surface area (Å²) in [5.74, 6) is 2.13. The molecule has 0 saturated carbocycles. The van der Waals surface area contributed by atoms with Crippen molar-refractivity contribution in [3.8, 4) is 28.6 Å². The number of ether oxygens (including phenoxy) is 2. The molecular formula is C25H30N4O3S. The van der Waals surface area contributed by atoms with Crippen molar-refractivity contribution in [2.45, 2.75) is 43.0 Å². The number of benzene rings is 2. The second kappa shape index (κ2) is 10.7. The molecule has 0 bridgehead atoms. The van der Waals surface area contributed by atoms with Crippen LogP contribution in [-0.2, 0) is 4.79 Å². The summed E-state index contributed by atoms with van der Waals surface area (Å²) in [6, 6.07) is 15.6. The highest BCUT2D eigenvalue weighted by Crippen LogP contribution is 2.35. The summed E-state index contributed by atoms with van der Waals surface area (Å²) >= 11 is 1.44. The van der Waals surface area contributed by atoms with Gasteiger partial charge >= 0.3 is 0 Å². The van der Waals surface area contributed by atoms with Gasteiger partial charge in [-0.05, 0) is 31.9 Å². The summed E-state index contributed by atoms with van der Waals surface area (Å²) in [5, 5.41) is 9.38. The Hall–Kier alpha value is -3.00. The second-order valence-electron chi connectivity index (χ2n) is 8.05. The van der Waals surface area contributed by atoms with Crippen molar-refractivity contribution >= 4 is 17.7 Å². The monoisotopic (exact) mass is 466 g/mol. The molecule has 0 N–H and O–H groups in total. The van der Waals surface area contributed by atoms with E-state index in [9.17, 15) is 4.79 Å². The van der Waals surface area contributed by atoms with Crippen molar-refractivity contribution in [2.75, 3.05) is 27.3 Å². The van der Waals surface area contributed by atoms with Crippen LogP contribution in [0.4, 0.5) is 0 Å². The van der Waals surface area contributed by atoms with E-state index in [2.05, 4.69) is 10.2 Å². The molecule has 2 aromatic carbocycles. The Labute approximate surface area is 199 Å². The SMILES string of the molecule is COc1ccc(-n2c(S[C@H](C)C(=O)N3CCCCCC3)nnc2-c2ccccc2)cc1OC.